The fraction of sp³-hybridized carbons (Fsp3) is 0.471. The lowest BCUT2D eigenvalue weighted by Gasteiger charge is -2.31. The van der Waals surface area contributed by atoms with Crippen molar-refractivity contribution in [2.45, 2.75) is 84.3 Å². The summed E-state index contributed by atoms with van der Waals surface area (Å²) in [5.74, 6) is -1.77. The first-order valence-electron chi connectivity index (χ1n) is 16.1. The Labute approximate surface area is 280 Å². The number of halogens is 1. The molecule has 0 saturated carbocycles. The summed E-state index contributed by atoms with van der Waals surface area (Å²) in [4.78, 5) is 68.0. The number of fused-ring (bicyclic) bond motifs is 5. The normalized spacial score (nSPS) is 18.9. The van der Waals surface area contributed by atoms with Crippen LogP contribution >= 0.6 is 0 Å². The molecule has 4 heterocycles. The molecule has 3 aromatic rings. The third-order valence-electron chi connectivity index (χ3n) is 9.12. The molecule has 14 nitrogen and oxygen atoms in total. The van der Waals surface area contributed by atoms with Gasteiger partial charge in [0.15, 0.2) is 5.60 Å². The Hall–Kier alpha value is -5.05. The van der Waals surface area contributed by atoms with Gasteiger partial charge < -0.3 is 39.8 Å². The van der Waals surface area contributed by atoms with Crippen LogP contribution in [0, 0.1) is 12.7 Å². The highest BCUT2D eigenvalue weighted by Crippen LogP contribution is 2.46. The van der Waals surface area contributed by atoms with E-state index in [0.29, 0.717) is 51.8 Å². The number of rotatable bonds is 7. The van der Waals surface area contributed by atoms with Crippen LogP contribution < -0.4 is 21.5 Å². The van der Waals surface area contributed by atoms with E-state index in [1.54, 1.807) is 40.7 Å². The van der Waals surface area contributed by atoms with Crippen LogP contribution in [0.1, 0.15) is 80.0 Å². The first-order chi connectivity index (χ1) is 23.1. The number of amides is 3. The average Bonchev–Trinajstić information content (AvgIpc) is 3.41. The Morgan fingerprint density at radius 2 is 1.90 bits per heavy atom. The molecule has 0 saturated heterocycles. The standard InChI is InChI=1S/C34H38FN5O9/c1-6-34(46)20-11-24-28-18(14-40(24)29(42)19(20)15-48-30(34)43)27-22(8-7-17-16(2)21(35)12-23(38-28)26(17)27)39-32(45)47-10-9-36-25(41)13-37-31(44)49-33(3,4)5/h11-12,22,46H,6-10,13-15H2,1-5H3,(H,36,41)(H,37,44)(H,39,45)/t22-,34-/m0/s1. The first-order valence-corrected chi connectivity index (χ1v) is 16.1. The molecule has 0 unspecified atom stereocenters. The maximum atomic E-state index is 15.1. The molecular weight excluding hydrogens is 641 g/mol. The van der Waals surface area contributed by atoms with Gasteiger partial charge in [-0.3, -0.25) is 9.59 Å². The Bertz CT molecular complexity index is 1990. The molecule has 0 bridgehead atoms. The van der Waals surface area contributed by atoms with Gasteiger partial charge in [0.2, 0.25) is 5.91 Å². The number of alkyl carbamates (subject to hydrolysis) is 2. The summed E-state index contributed by atoms with van der Waals surface area (Å²) >= 11 is 0. The van der Waals surface area contributed by atoms with E-state index in [4.69, 9.17) is 19.2 Å². The molecule has 2 atom stereocenters. The number of esters is 1. The van der Waals surface area contributed by atoms with Crippen LogP contribution in [0.4, 0.5) is 14.0 Å². The molecule has 3 aliphatic rings. The number of aryl methyl sites for hydroxylation is 1. The monoisotopic (exact) mass is 679 g/mol. The van der Waals surface area contributed by atoms with E-state index in [-0.39, 0.29) is 50.4 Å². The molecule has 1 aromatic carbocycles. The van der Waals surface area contributed by atoms with E-state index in [9.17, 15) is 29.1 Å². The smallest absolute Gasteiger partial charge is 0.408 e. The van der Waals surface area contributed by atoms with E-state index in [1.807, 2.05) is 0 Å². The largest absolute Gasteiger partial charge is 0.458 e. The minimum Gasteiger partial charge on any atom is -0.458 e. The molecule has 2 aromatic heterocycles. The zero-order chi connectivity index (χ0) is 35.4. The van der Waals surface area contributed by atoms with Gasteiger partial charge in [-0.05, 0) is 69.7 Å². The van der Waals surface area contributed by atoms with E-state index < -0.39 is 52.7 Å². The summed E-state index contributed by atoms with van der Waals surface area (Å²) in [6.07, 6.45) is -0.645. The fourth-order valence-corrected chi connectivity index (χ4v) is 6.75. The number of cyclic esters (lactones) is 1. The molecule has 260 valence electrons. The average molecular weight is 680 g/mol. The van der Waals surface area contributed by atoms with Crippen molar-refractivity contribution in [2.75, 3.05) is 19.7 Å². The van der Waals surface area contributed by atoms with Gasteiger partial charge in [0, 0.05) is 22.6 Å². The van der Waals surface area contributed by atoms with Crippen molar-refractivity contribution in [3.63, 3.8) is 0 Å². The van der Waals surface area contributed by atoms with Crippen molar-refractivity contribution in [1.82, 2.24) is 25.5 Å². The lowest BCUT2D eigenvalue weighted by atomic mass is 9.81. The number of hydrogen-bond acceptors (Lipinski definition) is 10. The van der Waals surface area contributed by atoms with Crippen LogP contribution in [0.2, 0.25) is 0 Å². The molecule has 1 aliphatic carbocycles. The molecule has 2 aliphatic heterocycles. The van der Waals surface area contributed by atoms with Gasteiger partial charge in [0.1, 0.15) is 24.6 Å². The Morgan fingerprint density at radius 1 is 1.14 bits per heavy atom. The Morgan fingerprint density at radius 3 is 2.61 bits per heavy atom. The quantitative estimate of drug-likeness (QED) is 0.129. The van der Waals surface area contributed by atoms with Crippen LogP contribution in [0.25, 0.3) is 22.3 Å². The molecule has 4 N–H and O–H groups in total. The highest BCUT2D eigenvalue weighted by atomic mass is 19.1. The summed E-state index contributed by atoms with van der Waals surface area (Å²) in [5.41, 5.74) is 0.849. The number of ether oxygens (including phenoxy) is 3. The SMILES string of the molecule is CC[C@@]1(O)C(=O)OCc2c1cc1n(c2=O)Cc2c-1nc1cc(F)c(C)c3c1c2[C@@H](NC(=O)OCCNC(=O)CNC(=O)OC(C)(C)C)CC3. The van der Waals surface area contributed by atoms with Crippen LogP contribution in [0.15, 0.2) is 16.9 Å². The number of nitrogens with one attached hydrogen (secondary N) is 3. The van der Waals surface area contributed by atoms with E-state index in [2.05, 4.69) is 16.0 Å². The fourth-order valence-electron chi connectivity index (χ4n) is 6.75. The molecule has 0 spiro atoms. The van der Waals surface area contributed by atoms with Crippen molar-refractivity contribution in [3.8, 4) is 11.4 Å². The van der Waals surface area contributed by atoms with Gasteiger partial charge in [0.05, 0.1) is 48.1 Å². The number of benzene rings is 1. The van der Waals surface area contributed by atoms with Crippen molar-refractivity contribution in [1.29, 1.82) is 0 Å². The number of aromatic nitrogens is 2. The Balaban J connectivity index is 1.24. The number of nitrogens with zero attached hydrogens (tertiary/aromatic N) is 2. The summed E-state index contributed by atoms with van der Waals surface area (Å²) in [6.45, 7) is 7.74. The zero-order valence-electron chi connectivity index (χ0n) is 27.9. The summed E-state index contributed by atoms with van der Waals surface area (Å²) in [5, 5.41) is 19.7. The van der Waals surface area contributed by atoms with Crippen molar-refractivity contribution in [3.05, 3.63) is 61.7 Å². The van der Waals surface area contributed by atoms with Crippen molar-refractivity contribution >= 4 is 35.0 Å². The Kier molecular flexibility index (Phi) is 8.59. The van der Waals surface area contributed by atoms with Crippen LogP contribution in [-0.2, 0) is 49.0 Å². The number of carbonyl (C=O) groups is 4. The van der Waals surface area contributed by atoms with E-state index in [0.717, 1.165) is 5.56 Å². The second kappa shape index (κ2) is 12.4. The molecule has 0 fully saturated rings. The molecule has 15 heteroatoms. The summed E-state index contributed by atoms with van der Waals surface area (Å²) in [7, 11) is 0. The van der Waals surface area contributed by atoms with Crippen LogP contribution in [-0.4, -0.2) is 64.0 Å². The molecule has 49 heavy (non-hydrogen) atoms. The van der Waals surface area contributed by atoms with Gasteiger partial charge in [-0.15, -0.1) is 0 Å². The highest BCUT2D eigenvalue weighted by molar-refractivity contribution is 5.93. The van der Waals surface area contributed by atoms with Crippen LogP contribution in [0.5, 0.6) is 0 Å². The topological polar surface area (TPSA) is 187 Å². The summed E-state index contributed by atoms with van der Waals surface area (Å²) < 4.78 is 32.2. The van der Waals surface area contributed by atoms with Crippen molar-refractivity contribution in [2.24, 2.45) is 0 Å². The van der Waals surface area contributed by atoms with Gasteiger partial charge in [0.25, 0.3) is 5.56 Å². The van der Waals surface area contributed by atoms with E-state index in [1.165, 1.54) is 10.6 Å². The molecule has 0 radical (unpaired) electrons. The maximum absolute atomic E-state index is 15.1. The number of carbonyl (C=O) groups excluding carboxylic acids is 4. The lowest BCUT2D eigenvalue weighted by Crippen LogP contribution is -2.44. The molecule has 3 amide bonds. The lowest BCUT2D eigenvalue weighted by molar-refractivity contribution is -0.172. The van der Waals surface area contributed by atoms with Crippen molar-refractivity contribution < 1.29 is 42.9 Å². The second-order valence-corrected chi connectivity index (χ2v) is 13.4. The summed E-state index contributed by atoms with van der Waals surface area (Å²) in [6, 6.07) is 2.33. The van der Waals surface area contributed by atoms with Gasteiger partial charge >= 0.3 is 18.2 Å². The minimum atomic E-state index is -2.01. The van der Waals surface area contributed by atoms with Gasteiger partial charge in [-0.25, -0.2) is 23.8 Å². The maximum Gasteiger partial charge on any atom is 0.408 e. The number of pyridine rings is 2. The zero-order valence-corrected chi connectivity index (χ0v) is 27.9. The van der Waals surface area contributed by atoms with E-state index >= 15 is 4.39 Å². The molecule has 6 rings (SSSR count). The van der Waals surface area contributed by atoms with Crippen LogP contribution in [0.3, 0.4) is 0 Å². The first kappa shape index (κ1) is 33.8. The number of aliphatic hydroxyl groups is 1. The molecular formula is C34H38FN5O9. The third-order valence-corrected chi connectivity index (χ3v) is 9.12. The predicted molar refractivity (Wildman–Crippen MR) is 172 cm³/mol. The predicted octanol–water partition coefficient (Wildman–Crippen LogP) is 2.88. The minimum absolute atomic E-state index is 0.0116. The van der Waals surface area contributed by atoms with Gasteiger partial charge in [-0.2, -0.15) is 0 Å². The third kappa shape index (κ3) is 6.07. The number of hydrogen-bond donors (Lipinski definition) is 4. The van der Waals surface area contributed by atoms with Gasteiger partial charge in [-0.1, -0.05) is 6.92 Å². The second-order valence-electron chi connectivity index (χ2n) is 13.4. The highest BCUT2D eigenvalue weighted by Gasteiger charge is 2.46.